The second-order valence-corrected chi connectivity index (χ2v) is 5.36. The van der Waals surface area contributed by atoms with E-state index in [1.807, 2.05) is 4.90 Å². The van der Waals surface area contributed by atoms with Crippen LogP contribution < -0.4 is 5.32 Å². The van der Waals surface area contributed by atoms with Crippen molar-refractivity contribution in [1.29, 1.82) is 0 Å². The highest BCUT2D eigenvalue weighted by molar-refractivity contribution is 5.77. The molecule has 2 amide bonds. The number of nitrogens with one attached hydrogen (secondary N) is 1. The molecule has 2 atom stereocenters. The lowest BCUT2D eigenvalue weighted by Crippen LogP contribution is -2.48. The third kappa shape index (κ3) is 2.94. The fourth-order valence-corrected chi connectivity index (χ4v) is 2.75. The molecule has 2 unspecified atom stereocenters. The monoisotopic (exact) mass is 254 g/mol. The molecular weight excluding hydrogens is 232 g/mol. The second kappa shape index (κ2) is 5.59. The van der Waals surface area contributed by atoms with Crippen LogP contribution in [0.3, 0.4) is 0 Å². The van der Waals surface area contributed by atoms with Crippen LogP contribution in [0.25, 0.3) is 0 Å². The van der Waals surface area contributed by atoms with Gasteiger partial charge in [-0.05, 0) is 32.1 Å². The van der Waals surface area contributed by atoms with Gasteiger partial charge < -0.3 is 15.3 Å². The van der Waals surface area contributed by atoms with Gasteiger partial charge in [0.1, 0.15) is 0 Å². The first-order valence-electron chi connectivity index (χ1n) is 6.93. The number of carbonyl (C=O) groups excluding carboxylic acids is 1. The van der Waals surface area contributed by atoms with Crippen molar-refractivity contribution < 1.29 is 14.7 Å². The highest BCUT2D eigenvalue weighted by Gasteiger charge is 2.37. The largest absolute Gasteiger partial charge is 0.481 e. The Labute approximate surface area is 108 Å². The highest BCUT2D eigenvalue weighted by atomic mass is 16.4. The zero-order valence-electron chi connectivity index (χ0n) is 10.9. The molecule has 2 aliphatic rings. The number of rotatable bonds is 5. The number of hydrogen-bond acceptors (Lipinski definition) is 2. The van der Waals surface area contributed by atoms with Crippen molar-refractivity contribution in [2.45, 2.75) is 57.5 Å². The summed E-state index contributed by atoms with van der Waals surface area (Å²) < 4.78 is 0. The van der Waals surface area contributed by atoms with E-state index in [0.29, 0.717) is 12.5 Å². The topological polar surface area (TPSA) is 69.6 Å². The molecule has 0 aliphatic heterocycles. The highest BCUT2D eigenvalue weighted by Crippen LogP contribution is 2.29. The van der Waals surface area contributed by atoms with Crippen molar-refractivity contribution in [3.05, 3.63) is 0 Å². The SMILES string of the molecule is CCCN(C(=O)NC1CCCC1C(=O)O)C1CC1. The maximum atomic E-state index is 12.2. The van der Waals surface area contributed by atoms with Gasteiger partial charge in [-0.15, -0.1) is 0 Å². The zero-order chi connectivity index (χ0) is 13.1. The molecule has 0 bridgehead atoms. The van der Waals surface area contributed by atoms with Gasteiger partial charge in [0.25, 0.3) is 0 Å². The molecule has 2 rings (SSSR count). The van der Waals surface area contributed by atoms with E-state index in [2.05, 4.69) is 12.2 Å². The van der Waals surface area contributed by atoms with Crippen molar-refractivity contribution in [2.24, 2.45) is 5.92 Å². The van der Waals surface area contributed by atoms with Crippen molar-refractivity contribution in [1.82, 2.24) is 10.2 Å². The maximum absolute atomic E-state index is 12.2. The first kappa shape index (κ1) is 13.2. The van der Waals surface area contributed by atoms with Crippen LogP contribution in [0.5, 0.6) is 0 Å². The lowest BCUT2D eigenvalue weighted by atomic mass is 10.0. The van der Waals surface area contributed by atoms with E-state index >= 15 is 0 Å². The predicted molar refractivity (Wildman–Crippen MR) is 67.3 cm³/mol. The van der Waals surface area contributed by atoms with Crippen LogP contribution in [0.15, 0.2) is 0 Å². The molecule has 0 aromatic carbocycles. The van der Waals surface area contributed by atoms with Crippen LogP contribution in [-0.4, -0.2) is 40.6 Å². The summed E-state index contributed by atoms with van der Waals surface area (Å²) in [5.74, 6) is -1.19. The Bertz CT molecular complexity index is 328. The summed E-state index contributed by atoms with van der Waals surface area (Å²) >= 11 is 0. The number of amides is 2. The standard InChI is InChI=1S/C13H22N2O3/c1-2-8-15(9-6-7-9)13(18)14-11-5-3-4-10(11)12(16)17/h9-11H,2-8H2,1H3,(H,14,18)(H,16,17). The van der Waals surface area contributed by atoms with Gasteiger partial charge in [-0.1, -0.05) is 13.3 Å². The molecule has 5 heteroatoms. The zero-order valence-corrected chi connectivity index (χ0v) is 10.9. The average molecular weight is 254 g/mol. The van der Waals surface area contributed by atoms with Gasteiger partial charge in [0.15, 0.2) is 0 Å². The van der Waals surface area contributed by atoms with Crippen molar-refractivity contribution in [2.75, 3.05) is 6.54 Å². The Morgan fingerprint density at radius 1 is 1.28 bits per heavy atom. The summed E-state index contributed by atoms with van der Waals surface area (Å²) in [6.07, 6.45) is 5.46. The minimum Gasteiger partial charge on any atom is -0.481 e. The van der Waals surface area contributed by atoms with Gasteiger partial charge in [-0.25, -0.2) is 4.79 Å². The predicted octanol–water partition coefficient (Wildman–Crippen LogP) is 1.82. The quantitative estimate of drug-likeness (QED) is 0.786. The Balaban J connectivity index is 1.90. The normalized spacial score (nSPS) is 26.9. The first-order valence-corrected chi connectivity index (χ1v) is 6.93. The van der Waals surface area contributed by atoms with Gasteiger partial charge in [0.05, 0.1) is 5.92 Å². The number of aliphatic carboxylic acids is 1. The molecule has 0 radical (unpaired) electrons. The third-order valence-corrected chi connectivity index (χ3v) is 3.86. The van der Waals surface area contributed by atoms with Gasteiger partial charge in [-0.3, -0.25) is 4.79 Å². The molecule has 0 saturated heterocycles. The summed E-state index contributed by atoms with van der Waals surface area (Å²) in [6.45, 7) is 2.82. The first-order chi connectivity index (χ1) is 8.63. The number of nitrogens with zero attached hydrogens (tertiary/aromatic N) is 1. The lowest BCUT2D eigenvalue weighted by Gasteiger charge is -2.26. The number of hydrogen-bond donors (Lipinski definition) is 2. The van der Waals surface area contributed by atoms with Crippen LogP contribution in [0.1, 0.15) is 45.4 Å². The number of carbonyl (C=O) groups is 2. The van der Waals surface area contributed by atoms with E-state index in [9.17, 15) is 9.59 Å². The van der Waals surface area contributed by atoms with Crippen molar-refractivity contribution in [3.63, 3.8) is 0 Å². The van der Waals surface area contributed by atoms with E-state index in [0.717, 1.165) is 38.6 Å². The average Bonchev–Trinajstić information content (AvgIpc) is 3.05. The molecular formula is C13H22N2O3. The molecule has 0 spiro atoms. The fourth-order valence-electron chi connectivity index (χ4n) is 2.75. The van der Waals surface area contributed by atoms with Crippen molar-refractivity contribution in [3.8, 4) is 0 Å². The third-order valence-electron chi connectivity index (χ3n) is 3.86. The molecule has 0 heterocycles. The minimum absolute atomic E-state index is 0.0718. The lowest BCUT2D eigenvalue weighted by molar-refractivity contribution is -0.142. The molecule has 2 N–H and O–H groups in total. The van der Waals surface area contributed by atoms with Gasteiger partial charge in [0, 0.05) is 18.6 Å². The van der Waals surface area contributed by atoms with Crippen LogP contribution >= 0.6 is 0 Å². The Hall–Kier alpha value is -1.26. The van der Waals surface area contributed by atoms with Crippen LogP contribution in [0.4, 0.5) is 4.79 Å². The van der Waals surface area contributed by atoms with Gasteiger partial charge in [-0.2, -0.15) is 0 Å². The molecule has 0 aromatic heterocycles. The van der Waals surface area contributed by atoms with Gasteiger partial charge in [0.2, 0.25) is 0 Å². The van der Waals surface area contributed by atoms with Crippen LogP contribution in [-0.2, 0) is 4.79 Å². The smallest absolute Gasteiger partial charge is 0.317 e. The maximum Gasteiger partial charge on any atom is 0.317 e. The second-order valence-electron chi connectivity index (χ2n) is 5.36. The van der Waals surface area contributed by atoms with Crippen molar-refractivity contribution >= 4 is 12.0 Å². The van der Waals surface area contributed by atoms with Crippen LogP contribution in [0.2, 0.25) is 0 Å². The molecule has 2 aliphatic carbocycles. The summed E-state index contributed by atoms with van der Waals surface area (Å²) in [7, 11) is 0. The number of carboxylic acids is 1. The summed E-state index contributed by atoms with van der Waals surface area (Å²) in [5.41, 5.74) is 0. The van der Waals surface area contributed by atoms with E-state index < -0.39 is 11.9 Å². The minimum atomic E-state index is -0.786. The molecule has 5 nitrogen and oxygen atoms in total. The molecule has 2 fully saturated rings. The molecule has 18 heavy (non-hydrogen) atoms. The van der Waals surface area contributed by atoms with E-state index in [4.69, 9.17) is 5.11 Å². The Morgan fingerprint density at radius 2 is 2.00 bits per heavy atom. The van der Waals surface area contributed by atoms with E-state index in [1.54, 1.807) is 0 Å². The van der Waals surface area contributed by atoms with Crippen LogP contribution in [0, 0.1) is 5.92 Å². The summed E-state index contributed by atoms with van der Waals surface area (Å²) in [5, 5.41) is 12.0. The molecule has 102 valence electrons. The molecule has 0 aromatic rings. The van der Waals surface area contributed by atoms with E-state index in [1.165, 1.54) is 0 Å². The Kier molecular flexibility index (Phi) is 4.09. The fraction of sp³-hybridized carbons (Fsp3) is 0.846. The number of carboxylic acid groups (broad SMARTS) is 1. The number of urea groups is 1. The summed E-state index contributed by atoms with van der Waals surface area (Å²) in [6, 6.07) is 0.125. The Morgan fingerprint density at radius 3 is 2.56 bits per heavy atom. The molecule has 2 saturated carbocycles. The van der Waals surface area contributed by atoms with E-state index in [-0.39, 0.29) is 12.1 Å². The van der Waals surface area contributed by atoms with Gasteiger partial charge >= 0.3 is 12.0 Å². The summed E-state index contributed by atoms with van der Waals surface area (Å²) in [4.78, 5) is 25.1.